The Morgan fingerprint density at radius 2 is 2.11 bits per heavy atom. The highest BCUT2D eigenvalue weighted by Crippen LogP contribution is 2.12. The van der Waals surface area contributed by atoms with Crippen LogP contribution in [-0.4, -0.2) is 38.2 Å². The zero-order valence-electron chi connectivity index (χ0n) is 11.0. The minimum Gasteiger partial charge on any atom is -0.443 e. The van der Waals surface area contributed by atoms with Gasteiger partial charge in [-0.2, -0.15) is 0 Å². The van der Waals surface area contributed by atoms with Crippen LogP contribution in [0, 0.1) is 0 Å². The summed E-state index contributed by atoms with van der Waals surface area (Å²) in [5.41, 5.74) is -1.62. The summed E-state index contributed by atoms with van der Waals surface area (Å²) in [5.74, 6) is 0. The predicted octanol–water partition coefficient (Wildman–Crippen LogP) is 1.16. The molecule has 0 fully saturated rings. The van der Waals surface area contributed by atoms with Gasteiger partial charge in [-0.3, -0.25) is 0 Å². The standard InChI is InChI=1S/C12H18N2O4/c1-11(2,3)18-10(16)14-6-9(13-8-14)5-12(4,17)7-15/h6-8,17H,5H2,1-4H3. The van der Waals surface area contributed by atoms with E-state index >= 15 is 0 Å². The highest BCUT2D eigenvalue weighted by Gasteiger charge is 2.23. The van der Waals surface area contributed by atoms with Gasteiger partial charge < -0.3 is 14.6 Å². The van der Waals surface area contributed by atoms with Crippen molar-refractivity contribution in [1.82, 2.24) is 9.55 Å². The summed E-state index contributed by atoms with van der Waals surface area (Å²) in [4.78, 5) is 26.2. The van der Waals surface area contributed by atoms with Crippen molar-refractivity contribution in [2.75, 3.05) is 0 Å². The van der Waals surface area contributed by atoms with E-state index in [2.05, 4.69) is 4.98 Å². The quantitative estimate of drug-likeness (QED) is 0.818. The van der Waals surface area contributed by atoms with E-state index in [1.54, 1.807) is 20.8 Å². The largest absolute Gasteiger partial charge is 0.443 e. The molecule has 1 unspecified atom stereocenters. The molecule has 1 aromatic heterocycles. The van der Waals surface area contributed by atoms with Crippen LogP contribution in [-0.2, 0) is 16.0 Å². The van der Waals surface area contributed by atoms with Crippen LogP contribution in [0.5, 0.6) is 0 Å². The van der Waals surface area contributed by atoms with Crippen LogP contribution >= 0.6 is 0 Å². The van der Waals surface area contributed by atoms with E-state index < -0.39 is 17.3 Å². The van der Waals surface area contributed by atoms with Crippen molar-refractivity contribution in [3.8, 4) is 0 Å². The smallest absolute Gasteiger partial charge is 0.419 e. The van der Waals surface area contributed by atoms with Crippen molar-refractivity contribution >= 4 is 12.4 Å². The van der Waals surface area contributed by atoms with Gasteiger partial charge in [-0.25, -0.2) is 14.3 Å². The number of carbonyl (C=O) groups is 2. The van der Waals surface area contributed by atoms with Crippen LogP contribution in [0.25, 0.3) is 0 Å². The molecule has 0 saturated carbocycles. The fraction of sp³-hybridized carbons (Fsp3) is 0.583. The third-order valence-electron chi connectivity index (χ3n) is 2.03. The normalized spacial score (nSPS) is 14.9. The SMILES string of the molecule is CC(O)(C=O)Cc1cn(C(=O)OC(C)(C)C)cn1. The molecule has 18 heavy (non-hydrogen) atoms. The van der Waals surface area contributed by atoms with Gasteiger partial charge in [-0.15, -0.1) is 0 Å². The number of aldehydes is 1. The van der Waals surface area contributed by atoms with E-state index in [0.29, 0.717) is 12.0 Å². The highest BCUT2D eigenvalue weighted by molar-refractivity contribution is 5.70. The van der Waals surface area contributed by atoms with Crippen LogP contribution in [0.3, 0.4) is 0 Å². The summed E-state index contributed by atoms with van der Waals surface area (Å²) >= 11 is 0. The van der Waals surface area contributed by atoms with E-state index in [-0.39, 0.29) is 6.42 Å². The molecule has 0 aliphatic rings. The second-order valence-corrected chi connectivity index (χ2v) is 5.40. The number of hydrogen-bond acceptors (Lipinski definition) is 5. The minimum atomic E-state index is -1.48. The maximum absolute atomic E-state index is 11.7. The van der Waals surface area contributed by atoms with Crippen LogP contribution < -0.4 is 0 Å². The van der Waals surface area contributed by atoms with E-state index in [0.717, 1.165) is 0 Å². The Morgan fingerprint density at radius 1 is 1.50 bits per heavy atom. The molecular formula is C12H18N2O4. The molecule has 0 amide bonds. The first-order chi connectivity index (χ1) is 8.13. The number of carbonyl (C=O) groups excluding carboxylic acids is 2. The first-order valence-corrected chi connectivity index (χ1v) is 5.58. The maximum Gasteiger partial charge on any atom is 0.419 e. The summed E-state index contributed by atoms with van der Waals surface area (Å²) in [5, 5.41) is 9.58. The molecular weight excluding hydrogens is 236 g/mol. The lowest BCUT2D eigenvalue weighted by molar-refractivity contribution is -0.122. The molecule has 0 aliphatic heterocycles. The monoisotopic (exact) mass is 254 g/mol. The molecule has 1 rings (SSSR count). The fourth-order valence-corrected chi connectivity index (χ4v) is 1.28. The average Bonchev–Trinajstić information content (AvgIpc) is 2.63. The Labute approximate surface area is 106 Å². The molecule has 0 aliphatic carbocycles. The molecule has 0 aromatic carbocycles. The van der Waals surface area contributed by atoms with Gasteiger partial charge in [0.15, 0.2) is 6.29 Å². The van der Waals surface area contributed by atoms with E-state index in [1.807, 2.05) is 0 Å². The lowest BCUT2D eigenvalue weighted by Crippen LogP contribution is -2.29. The number of aromatic nitrogens is 2. The Balaban J connectivity index is 2.75. The average molecular weight is 254 g/mol. The summed E-state index contributed by atoms with van der Waals surface area (Å²) in [7, 11) is 0. The van der Waals surface area contributed by atoms with Gasteiger partial charge in [0.25, 0.3) is 0 Å². The second kappa shape index (κ2) is 4.89. The Kier molecular flexibility index (Phi) is 3.91. The summed E-state index contributed by atoms with van der Waals surface area (Å²) in [6, 6.07) is 0. The van der Waals surface area contributed by atoms with Gasteiger partial charge in [0.1, 0.15) is 17.5 Å². The molecule has 0 spiro atoms. The van der Waals surface area contributed by atoms with Gasteiger partial charge in [-0.05, 0) is 27.7 Å². The number of ether oxygens (including phenoxy) is 1. The van der Waals surface area contributed by atoms with Crippen LogP contribution in [0.2, 0.25) is 0 Å². The number of imidazole rings is 1. The number of nitrogens with zero attached hydrogens (tertiary/aromatic N) is 2. The number of hydrogen-bond donors (Lipinski definition) is 1. The summed E-state index contributed by atoms with van der Waals surface area (Å²) in [6.07, 6.45) is 2.68. The van der Waals surface area contributed by atoms with Crippen molar-refractivity contribution in [2.45, 2.75) is 45.3 Å². The molecule has 1 N–H and O–H groups in total. The Bertz CT molecular complexity index is 443. The van der Waals surface area contributed by atoms with Gasteiger partial charge >= 0.3 is 6.09 Å². The zero-order valence-corrected chi connectivity index (χ0v) is 11.0. The van der Waals surface area contributed by atoms with Crippen molar-refractivity contribution in [3.63, 3.8) is 0 Å². The van der Waals surface area contributed by atoms with Gasteiger partial charge in [0.05, 0.1) is 5.69 Å². The Hall–Kier alpha value is -1.69. The molecule has 6 heteroatoms. The molecule has 0 bridgehead atoms. The zero-order chi connectivity index (χ0) is 14.0. The molecule has 6 nitrogen and oxygen atoms in total. The highest BCUT2D eigenvalue weighted by atomic mass is 16.6. The van der Waals surface area contributed by atoms with Crippen molar-refractivity contribution in [1.29, 1.82) is 0 Å². The lowest BCUT2D eigenvalue weighted by Gasteiger charge is -2.19. The van der Waals surface area contributed by atoms with E-state index in [9.17, 15) is 14.7 Å². The first-order valence-electron chi connectivity index (χ1n) is 5.58. The Morgan fingerprint density at radius 3 is 2.61 bits per heavy atom. The molecule has 0 radical (unpaired) electrons. The lowest BCUT2D eigenvalue weighted by atomic mass is 10.0. The predicted molar refractivity (Wildman–Crippen MR) is 64.3 cm³/mol. The van der Waals surface area contributed by atoms with Crippen LogP contribution in [0.15, 0.2) is 12.5 Å². The topological polar surface area (TPSA) is 81.4 Å². The third kappa shape index (κ3) is 4.29. The number of aliphatic hydroxyl groups is 1. The molecule has 1 atom stereocenters. The fourth-order valence-electron chi connectivity index (χ4n) is 1.28. The first kappa shape index (κ1) is 14.4. The molecule has 100 valence electrons. The minimum absolute atomic E-state index is 0.0479. The van der Waals surface area contributed by atoms with Crippen molar-refractivity contribution in [2.24, 2.45) is 0 Å². The van der Waals surface area contributed by atoms with E-state index in [1.165, 1.54) is 24.0 Å². The van der Waals surface area contributed by atoms with Gasteiger partial charge in [-0.1, -0.05) is 0 Å². The number of rotatable bonds is 3. The van der Waals surface area contributed by atoms with Crippen LogP contribution in [0.4, 0.5) is 4.79 Å². The third-order valence-corrected chi connectivity index (χ3v) is 2.03. The summed E-state index contributed by atoms with van der Waals surface area (Å²) < 4.78 is 6.33. The second-order valence-electron chi connectivity index (χ2n) is 5.40. The van der Waals surface area contributed by atoms with Crippen molar-refractivity contribution < 1.29 is 19.4 Å². The molecule has 1 heterocycles. The van der Waals surface area contributed by atoms with Crippen LogP contribution in [0.1, 0.15) is 33.4 Å². The summed E-state index contributed by atoms with van der Waals surface area (Å²) in [6.45, 7) is 6.67. The van der Waals surface area contributed by atoms with E-state index in [4.69, 9.17) is 4.74 Å². The molecule has 0 saturated heterocycles. The van der Waals surface area contributed by atoms with Gasteiger partial charge in [0.2, 0.25) is 0 Å². The van der Waals surface area contributed by atoms with Gasteiger partial charge in [0, 0.05) is 12.6 Å². The van der Waals surface area contributed by atoms with Crippen molar-refractivity contribution in [3.05, 3.63) is 18.2 Å². The molecule has 1 aromatic rings. The maximum atomic E-state index is 11.7.